The van der Waals surface area contributed by atoms with E-state index in [2.05, 4.69) is 9.97 Å². The molecule has 0 atom stereocenters. The van der Waals surface area contributed by atoms with Crippen molar-refractivity contribution in [2.45, 2.75) is 0 Å². The van der Waals surface area contributed by atoms with Crippen LogP contribution < -0.4 is 0 Å². The van der Waals surface area contributed by atoms with Gasteiger partial charge in [-0.25, -0.2) is 9.97 Å². The number of aromatic nitrogens is 2. The van der Waals surface area contributed by atoms with Crippen molar-refractivity contribution in [1.82, 2.24) is 9.97 Å². The lowest BCUT2D eigenvalue weighted by Gasteiger charge is -2.07. The van der Waals surface area contributed by atoms with Crippen LogP contribution in [-0.2, 0) is 0 Å². The summed E-state index contributed by atoms with van der Waals surface area (Å²) in [4.78, 5) is 8.08. The Bertz CT molecular complexity index is 665. The van der Waals surface area contributed by atoms with Crippen molar-refractivity contribution < 1.29 is 5.11 Å². The van der Waals surface area contributed by atoms with Gasteiger partial charge in [0.2, 0.25) is 0 Å². The molecule has 0 aliphatic carbocycles. The van der Waals surface area contributed by atoms with Gasteiger partial charge in [-0.15, -0.1) is 0 Å². The van der Waals surface area contributed by atoms with Gasteiger partial charge in [0.1, 0.15) is 12.1 Å². The van der Waals surface area contributed by atoms with Crippen LogP contribution in [0.5, 0.6) is 5.75 Å². The Hall–Kier alpha value is -2.42. The van der Waals surface area contributed by atoms with E-state index < -0.39 is 0 Å². The minimum absolute atomic E-state index is 0.238. The van der Waals surface area contributed by atoms with Gasteiger partial charge < -0.3 is 5.11 Å². The molecule has 0 saturated carbocycles. The zero-order chi connectivity index (χ0) is 11.7. The van der Waals surface area contributed by atoms with Crippen molar-refractivity contribution in [2.24, 2.45) is 0 Å². The minimum Gasteiger partial charge on any atom is -0.507 e. The predicted molar refractivity (Wildman–Crippen MR) is 66.6 cm³/mol. The lowest BCUT2D eigenvalue weighted by Crippen LogP contribution is -1.86. The number of rotatable bonds is 1. The molecule has 0 saturated heterocycles. The molecular weight excluding hydrogens is 212 g/mol. The molecule has 17 heavy (non-hydrogen) atoms. The fraction of sp³-hybridized carbons (Fsp3) is 0. The number of hydrogen-bond acceptors (Lipinski definition) is 3. The highest BCUT2D eigenvalue weighted by Gasteiger charge is 2.09. The third kappa shape index (κ3) is 1.61. The molecule has 0 fully saturated rings. The number of phenolic OH excluding ortho intramolecular Hbond substituents is 1. The Labute approximate surface area is 98.4 Å². The van der Waals surface area contributed by atoms with Gasteiger partial charge in [0.25, 0.3) is 0 Å². The molecule has 1 heterocycles. The molecule has 3 rings (SSSR count). The summed E-state index contributed by atoms with van der Waals surface area (Å²) in [6.07, 6.45) is 3.15. The SMILES string of the molecule is Oc1ccc2ccccc2c1-c1ccncn1. The third-order valence-electron chi connectivity index (χ3n) is 2.75. The maximum absolute atomic E-state index is 10.0. The van der Waals surface area contributed by atoms with Gasteiger partial charge in [-0.05, 0) is 22.9 Å². The molecule has 0 aliphatic rings. The van der Waals surface area contributed by atoms with E-state index in [0.717, 1.165) is 22.0 Å². The van der Waals surface area contributed by atoms with E-state index in [1.807, 2.05) is 30.3 Å². The number of hydrogen-bond donors (Lipinski definition) is 1. The van der Waals surface area contributed by atoms with Crippen molar-refractivity contribution >= 4 is 10.8 Å². The van der Waals surface area contributed by atoms with Crippen molar-refractivity contribution in [1.29, 1.82) is 0 Å². The third-order valence-corrected chi connectivity index (χ3v) is 2.75. The van der Waals surface area contributed by atoms with Crippen LogP contribution in [0.25, 0.3) is 22.0 Å². The molecule has 0 unspecified atom stereocenters. The zero-order valence-corrected chi connectivity index (χ0v) is 9.04. The van der Waals surface area contributed by atoms with Crippen LogP contribution in [0, 0.1) is 0 Å². The highest BCUT2D eigenvalue weighted by Crippen LogP contribution is 2.34. The Morgan fingerprint density at radius 1 is 0.941 bits per heavy atom. The maximum Gasteiger partial charge on any atom is 0.125 e. The van der Waals surface area contributed by atoms with Crippen LogP contribution in [0.4, 0.5) is 0 Å². The second-order valence-electron chi connectivity index (χ2n) is 3.78. The summed E-state index contributed by atoms with van der Waals surface area (Å²) in [7, 11) is 0. The minimum atomic E-state index is 0.238. The number of nitrogens with zero attached hydrogens (tertiary/aromatic N) is 2. The van der Waals surface area contributed by atoms with Gasteiger partial charge in [0.15, 0.2) is 0 Å². The van der Waals surface area contributed by atoms with E-state index in [-0.39, 0.29) is 5.75 Å². The summed E-state index contributed by atoms with van der Waals surface area (Å²) < 4.78 is 0. The normalized spacial score (nSPS) is 10.6. The second kappa shape index (κ2) is 3.87. The smallest absolute Gasteiger partial charge is 0.125 e. The average Bonchev–Trinajstić information content (AvgIpc) is 2.39. The van der Waals surface area contributed by atoms with Crippen LogP contribution in [-0.4, -0.2) is 15.1 Å². The molecule has 3 heteroatoms. The Morgan fingerprint density at radius 2 is 1.82 bits per heavy atom. The number of aromatic hydroxyl groups is 1. The first-order valence-electron chi connectivity index (χ1n) is 5.33. The summed E-state index contributed by atoms with van der Waals surface area (Å²) in [6.45, 7) is 0. The fourth-order valence-electron chi connectivity index (χ4n) is 1.97. The van der Waals surface area contributed by atoms with Crippen molar-refractivity contribution in [3.8, 4) is 17.0 Å². The Kier molecular flexibility index (Phi) is 2.22. The maximum atomic E-state index is 10.0. The van der Waals surface area contributed by atoms with Gasteiger partial charge in [-0.1, -0.05) is 30.3 Å². The number of benzene rings is 2. The highest BCUT2D eigenvalue weighted by atomic mass is 16.3. The standard InChI is InChI=1S/C14H10N2O/c17-13-6-5-10-3-1-2-4-11(10)14(13)12-7-8-15-9-16-12/h1-9,17H. The molecule has 1 N–H and O–H groups in total. The Morgan fingerprint density at radius 3 is 2.65 bits per heavy atom. The Balaban J connectivity index is 2.39. The number of phenols is 1. The van der Waals surface area contributed by atoms with E-state index in [1.54, 1.807) is 18.3 Å². The predicted octanol–water partition coefficient (Wildman–Crippen LogP) is 3.00. The van der Waals surface area contributed by atoms with Gasteiger partial charge in [-0.2, -0.15) is 0 Å². The fourth-order valence-corrected chi connectivity index (χ4v) is 1.97. The lowest BCUT2D eigenvalue weighted by atomic mass is 10.0. The summed E-state index contributed by atoms with van der Waals surface area (Å²) >= 11 is 0. The van der Waals surface area contributed by atoms with Crippen LogP contribution in [0.1, 0.15) is 0 Å². The summed E-state index contributed by atoms with van der Waals surface area (Å²) in [5.41, 5.74) is 1.49. The van der Waals surface area contributed by atoms with Crippen molar-refractivity contribution in [3.63, 3.8) is 0 Å². The number of fused-ring (bicyclic) bond motifs is 1. The largest absolute Gasteiger partial charge is 0.507 e. The monoisotopic (exact) mass is 222 g/mol. The molecule has 2 aromatic carbocycles. The van der Waals surface area contributed by atoms with Gasteiger partial charge >= 0.3 is 0 Å². The molecule has 0 spiro atoms. The van der Waals surface area contributed by atoms with E-state index >= 15 is 0 Å². The molecule has 3 nitrogen and oxygen atoms in total. The second-order valence-corrected chi connectivity index (χ2v) is 3.78. The van der Waals surface area contributed by atoms with E-state index in [1.165, 1.54) is 6.33 Å². The van der Waals surface area contributed by atoms with Crippen molar-refractivity contribution in [2.75, 3.05) is 0 Å². The molecule has 82 valence electrons. The topological polar surface area (TPSA) is 46.0 Å². The van der Waals surface area contributed by atoms with Gasteiger partial charge in [0.05, 0.1) is 5.69 Å². The summed E-state index contributed by atoms with van der Waals surface area (Å²) in [6, 6.07) is 13.3. The van der Waals surface area contributed by atoms with E-state index in [4.69, 9.17) is 0 Å². The quantitative estimate of drug-likeness (QED) is 0.688. The van der Waals surface area contributed by atoms with Crippen LogP contribution in [0.2, 0.25) is 0 Å². The van der Waals surface area contributed by atoms with Crippen LogP contribution in [0.15, 0.2) is 55.0 Å². The van der Waals surface area contributed by atoms with E-state index in [9.17, 15) is 5.11 Å². The molecule has 0 amide bonds. The van der Waals surface area contributed by atoms with E-state index in [0.29, 0.717) is 0 Å². The molecule has 1 aromatic heterocycles. The molecule has 0 radical (unpaired) electrons. The summed E-state index contributed by atoms with van der Waals surface area (Å²) in [5.74, 6) is 0.238. The van der Waals surface area contributed by atoms with Gasteiger partial charge in [-0.3, -0.25) is 0 Å². The van der Waals surface area contributed by atoms with Crippen LogP contribution in [0.3, 0.4) is 0 Å². The van der Waals surface area contributed by atoms with Crippen molar-refractivity contribution in [3.05, 3.63) is 55.0 Å². The first kappa shape index (κ1) is 9.78. The molecular formula is C14H10N2O. The molecule has 0 aliphatic heterocycles. The molecule has 3 aromatic rings. The highest BCUT2D eigenvalue weighted by molar-refractivity contribution is 5.98. The first-order valence-corrected chi connectivity index (χ1v) is 5.33. The van der Waals surface area contributed by atoms with Gasteiger partial charge in [0, 0.05) is 11.8 Å². The molecule has 0 bridgehead atoms. The lowest BCUT2D eigenvalue weighted by molar-refractivity contribution is 0.478. The van der Waals surface area contributed by atoms with Crippen LogP contribution >= 0.6 is 0 Å². The first-order chi connectivity index (χ1) is 8.36. The zero-order valence-electron chi connectivity index (χ0n) is 9.04. The average molecular weight is 222 g/mol. The summed E-state index contributed by atoms with van der Waals surface area (Å²) in [5, 5.41) is 12.1.